The molecular formula is C13H16Cl2N2O2. The van der Waals surface area contributed by atoms with Gasteiger partial charge in [0, 0.05) is 16.6 Å². The zero-order chi connectivity index (χ0) is 14.4. The van der Waals surface area contributed by atoms with Gasteiger partial charge in [0.15, 0.2) is 0 Å². The van der Waals surface area contributed by atoms with Gasteiger partial charge in [-0.15, -0.1) is 0 Å². The molecule has 0 spiro atoms. The van der Waals surface area contributed by atoms with Gasteiger partial charge in [-0.05, 0) is 24.1 Å². The van der Waals surface area contributed by atoms with E-state index in [1.807, 2.05) is 6.92 Å². The number of rotatable bonds is 6. The first-order valence-corrected chi connectivity index (χ1v) is 6.72. The highest BCUT2D eigenvalue weighted by molar-refractivity contribution is 6.35. The van der Waals surface area contributed by atoms with E-state index in [1.54, 1.807) is 18.2 Å². The summed E-state index contributed by atoms with van der Waals surface area (Å²) in [5.74, 6) is -1.78. The third-order valence-electron chi connectivity index (χ3n) is 2.71. The maximum Gasteiger partial charge on any atom is 0.232 e. The molecule has 1 aromatic carbocycles. The lowest BCUT2D eigenvalue weighted by molar-refractivity contribution is -0.133. The van der Waals surface area contributed by atoms with Gasteiger partial charge in [-0.25, -0.2) is 0 Å². The minimum absolute atomic E-state index is 0.238. The quantitative estimate of drug-likeness (QED) is 0.793. The van der Waals surface area contributed by atoms with Crippen LogP contribution in [-0.2, 0) is 16.1 Å². The van der Waals surface area contributed by atoms with E-state index in [0.29, 0.717) is 22.9 Å². The van der Waals surface area contributed by atoms with Crippen molar-refractivity contribution >= 4 is 35.0 Å². The molecule has 4 nitrogen and oxygen atoms in total. The van der Waals surface area contributed by atoms with Gasteiger partial charge in [-0.1, -0.05) is 42.6 Å². The summed E-state index contributed by atoms with van der Waals surface area (Å²) in [6.45, 7) is 2.13. The van der Waals surface area contributed by atoms with Gasteiger partial charge in [0.25, 0.3) is 0 Å². The Morgan fingerprint density at radius 2 is 2.05 bits per heavy atom. The van der Waals surface area contributed by atoms with Crippen LogP contribution in [0.5, 0.6) is 0 Å². The number of primary amides is 1. The molecule has 0 bridgehead atoms. The molecule has 1 unspecified atom stereocenters. The van der Waals surface area contributed by atoms with Crippen molar-refractivity contribution in [2.45, 2.75) is 26.3 Å². The van der Waals surface area contributed by atoms with Gasteiger partial charge in [-0.3, -0.25) is 9.59 Å². The zero-order valence-corrected chi connectivity index (χ0v) is 12.1. The average molecular weight is 303 g/mol. The fourth-order valence-electron chi connectivity index (χ4n) is 1.66. The maximum absolute atomic E-state index is 11.8. The van der Waals surface area contributed by atoms with Crippen LogP contribution in [0.2, 0.25) is 10.0 Å². The highest BCUT2D eigenvalue weighted by Gasteiger charge is 2.22. The molecule has 0 aromatic heterocycles. The summed E-state index contributed by atoms with van der Waals surface area (Å²) in [4.78, 5) is 23.0. The van der Waals surface area contributed by atoms with Gasteiger partial charge >= 0.3 is 0 Å². The molecule has 0 aliphatic carbocycles. The van der Waals surface area contributed by atoms with Crippen LogP contribution in [0.25, 0.3) is 0 Å². The van der Waals surface area contributed by atoms with Gasteiger partial charge in [0.1, 0.15) is 5.92 Å². The van der Waals surface area contributed by atoms with Crippen LogP contribution in [-0.4, -0.2) is 11.8 Å². The lowest BCUT2D eigenvalue weighted by Gasteiger charge is -2.13. The van der Waals surface area contributed by atoms with Gasteiger partial charge in [-0.2, -0.15) is 0 Å². The Morgan fingerprint density at radius 3 is 2.58 bits per heavy atom. The standard InChI is InChI=1S/C13H16Cl2N2O2/c1-2-3-10(12(16)18)13(19)17-7-8-4-5-9(14)6-11(8)15/h4-6,10H,2-3,7H2,1H3,(H2,16,18)(H,17,19). The largest absolute Gasteiger partial charge is 0.369 e. The molecule has 2 amide bonds. The molecule has 0 saturated heterocycles. The number of benzene rings is 1. The number of hydrogen-bond acceptors (Lipinski definition) is 2. The topological polar surface area (TPSA) is 72.2 Å². The van der Waals surface area contributed by atoms with Gasteiger partial charge in [0.2, 0.25) is 11.8 Å². The molecule has 0 aliphatic rings. The zero-order valence-electron chi connectivity index (χ0n) is 10.6. The number of halogens is 2. The fraction of sp³-hybridized carbons (Fsp3) is 0.385. The van der Waals surface area contributed by atoms with Crippen LogP contribution < -0.4 is 11.1 Å². The van der Waals surface area contributed by atoms with E-state index < -0.39 is 11.8 Å². The second-order valence-corrected chi connectivity index (χ2v) is 5.04. The van der Waals surface area contributed by atoms with E-state index in [1.165, 1.54) is 0 Å². The average Bonchev–Trinajstić information content (AvgIpc) is 2.34. The molecule has 1 atom stereocenters. The second-order valence-electron chi connectivity index (χ2n) is 4.20. The van der Waals surface area contributed by atoms with Crippen LogP contribution in [0.4, 0.5) is 0 Å². The van der Waals surface area contributed by atoms with Crippen molar-refractivity contribution in [3.63, 3.8) is 0 Å². The number of carbonyl (C=O) groups excluding carboxylic acids is 2. The molecule has 0 saturated carbocycles. The summed E-state index contributed by atoms with van der Waals surface area (Å²) in [7, 11) is 0. The monoisotopic (exact) mass is 302 g/mol. The molecule has 1 aromatic rings. The minimum Gasteiger partial charge on any atom is -0.369 e. The maximum atomic E-state index is 11.8. The number of hydrogen-bond donors (Lipinski definition) is 2. The third-order valence-corrected chi connectivity index (χ3v) is 3.29. The molecule has 6 heteroatoms. The number of nitrogens with one attached hydrogen (secondary N) is 1. The molecule has 0 radical (unpaired) electrons. The van der Waals surface area contributed by atoms with Crippen molar-refractivity contribution in [2.24, 2.45) is 11.7 Å². The van der Waals surface area contributed by atoms with Gasteiger partial charge in [0.05, 0.1) is 0 Å². The van der Waals surface area contributed by atoms with Gasteiger partial charge < -0.3 is 11.1 Å². The Hall–Kier alpha value is -1.26. The first-order valence-electron chi connectivity index (χ1n) is 5.96. The summed E-state index contributed by atoms with van der Waals surface area (Å²) < 4.78 is 0. The predicted molar refractivity (Wildman–Crippen MR) is 75.9 cm³/mol. The van der Waals surface area contributed by atoms with E-state index in [2.05, 4.69) is 5.32 Å². The smallest absolute Gasteiger partial charge is 0.232 e. The van der Waals surface area contributed by atoms with Crippen molar-refractivity contribution in [2.75, 3.05) is 0 Å². The number of nitrogens with two attached hydrogens (primary N) is 1. The van der Waals surface area contributed by atoms with E-state index in [4.69, 9.17) is 28.9 Å². The van der Waals surface area contributed by atoms with E-state index in [9.17, 15) is 9.59 Å². The summed E-state index contributed by atoms with van der Waals surface area (Å²) in [6.07, 6.45) is 1.15. The number of amides is 2. The van der Waals surface area contributed by atoms with Crippen molar-refractivity contribution < 1.29 is 9.59 Å². The fourth-order valence-corrected chi connectivity index (χ4v) is 2.14. The predicted octanol–water partition coefficient (Wildman–Crippen LogP) is 2.51. The summed E-state index contributed by atoms with van der Waals surface area (Å²) in [5.41, 5.74) is 5.93. The normalized spacial score (nSPS) is 11.9. The van der Waals surface area contributed by atoms with Crippen LogP contribution in [0.3, 0.4) is 0 Å². The Balaban J connectivity index is 2.64. The van der Waals surface area contributed by atoms with Crippen molar-refractivity contribution in [1.29, 1.82) is 0 Å². The molecular weight excluding hydrogens is 287 g/mol. The van der Waals surface area contributed by atoms with Crippen molar-refractivity contribution in [1.82, 2.24) is 5.32 Å². The highest BCUT2D eigenvalue weighted by Crippen LogP contribution is 2.20. The Bertz CT molecular complexity index is 478. The highest BCUT2D eigenvalue weighted by atomic mass is 35.5. The minimum atomic E-state index is -0.795. The Kier molecular flexibility index (Phi) is 6.12. The molecule has 0 heterocycles. The van der Waals surface area contributed by atoms with E-state index in [0.717, 1.165) is 5.56 Å². The van der Waals surface area contributed by atoms with Crippen molar-refractivity contribution in [3.05, 3.63) is 33.8 Å². The first kappa shape index (κ1) is 15.8. The molecule has 0 aliphatic heterocycles. The van der Waals surface area contributed by atoms with Crippen molar-refractivity contribution in [3.8, 4) is 0 Å². The summed E-state index contributed by atoms with van der Waals surface area (Å²) in [5, 5.41) is 3.66. The molecule has 1 rings (SSSR count). The first-order chi connectivity index (χ1) is 8.95. The molecule has 104 valence electrons. The molecule has 0 fully saturated rings. The molecule has 3 N–H and O–H groups in total. The van der Waals surface area contributed by atoms with Crippen LogP contribution in [0.15, 0.2) is 18.2 Å². The Morgan fingerprint density at radius 1 is 1.37 bits per heavy atom. The van der Waals surface area contributed by atoms with Crippen LogP contribution in [0.1, 0.15) is 25.3 Å². The summed E-state index contributed by atoms with van der Waals surface area (Å²) in [6, 6.07) is 5.01. The Labute approximate surface area is 122 Å². The number of carbonyl (C=O) groups is 2. The lowest BCUT2D eigenvalue weighted by atomic mass is 10.0. The van der Waals surface area contributed by atoms with E-state index in [-0.39, 0.29) is 12.5 Å². The second kappa shape index (κ2) is 7.36. The van der Waals surface area contributed by atoms with E-state index >= 15 is 0 Å². The lowest BCUT2D eigenvalue weighted by Crippen LogP contribution is -2.38. The summed E-state index contributed by atoms with van der Waals surface area (Å²) >= 11 is 11.8. The SMILES string of the molecule is CCCC(C(N)=O)C(=O)NCc1ccc(Cl)cc1Cl. The molecule has 19 heavy (non-hydrogen) atoms. The van der Waals surface area contributed by atoms with Crippen LogP contribution in [0, 0.1) is 5.92 Å². The van der Waals surface area contributed by atoms with Crippen LogP contribution >= 0.6 is 23.2 Å². The third kappa shape index (κ3) is 4.73.